The van der Waals surface area contributed by atoms with E-state index in [-0.39, 0.29) is 25.2 Å². The molecule has 0 heterocycles. The lowest BCUT2D eigenvalue weighted by Gasteiger charge is -2.26. The van der Waals surface area contributed by atoms with Crippen molar-refractivity contribution in [2.45, 2.75) is 90.4 Å². The molecule has 0 aliphatic carbocycles. The fraction of sp³-hybridized carbons (Fsp3) is 0.727. The number of nitrogens with one attached hydrogen (secondary N) is 3. The number of aliphatic carboxylic acids is 2. The van der Waals surface area contributed by atoms with Crippen molar-refractivity contribution in [2.24, 2.45) is 5.92 Å². The predicted octanol–water partition coefficient (Wildman–Crippen LogP) is 0.798. The van der Waals surface area contributed by atoms with Crippen molar-refractivity contribution in [3.8, 4) is 0 Å². The van der Waals surface area contributed by atoms with Crippen LogP contribution in [0.4, 0.5) is 4.79 Å². The van der Waals surface area contributed by atoms with Gasteiger partial charge in [0, 0.05) is 12.8 Å². The van der Waals surface area contributed by atoms with E-state index in [1.165, 1.54) is 0 Å². The van der Waals surface area contributed by atoms with E-state index in [0.29, 0.717) is 0 Å². The van der Waals surface area contributed by atoms with Crippen molar-refractivity contribution in [2.75, 3.05) is 7.11 Å². The van der Waals surface area contributed by atoms with Crippen molar-refractivity contribution >= 4 is 35.8 Å². The minimum absolute atomic E-state index is 0.00453. The summed E-state index contributed by atoms with van der Waals surface area (Å²) in [5.41, 5.74) is -0.888. The summed E-state index contributed by atoms with van der Waals surface area (Å²) in [7, 11) is 1.15. The van der Waals surface area contributed by atoms with Crippen LogP contribution >= 0.6 is 0 Å². The van der Waals surface area contributed by atoms with Gasteiger partial charge in [0.05, 0.1) is 7.11 Å². The number of carboxylic acid groups (broad SMARTS) is 2. The summed E-state index contributed by atoms with van der Waals surface area (Å²) in [6.45, 7) is 8.43. The normalized spacial score (nSPS) is 13.7. The summed E-state index contributed by atoms with van der Waals surface area (Å²) in [6.07, 6.45) is -2.33. The van der Waals surface area contributed by atoms with E-state index in [9.17, 15) is 28.8 Å². The number of alkyl carbamates (subject to hydrolysis) is 1. The molecular formula is C22H37N3O10. The van der Waals surface area contributed by atoms with Crippen LogP contribution in [-0.2, 0) is 33.4 Å². The highest BCUT2D eigenvalue weighted by Gasteiger charge is 2.31. The Hall–Kier alpha value is -3.38. The van der Waals surface area contributed by atoms with Crippen molar-refractivity contribution in [1.82, 2.24) is 16.0 Å². The Labute approximate surface area is 204 Å². The third-order valence-electron chi connectivity index (χ3n) is 4.44. The van der Waals surface area contributed by atoms with Gasteiger partial charge in [-0.2, -0.15) is 0 Å². The number of hydrogen-bond donors (Lipinski definition) is 5. The molecule has 3 amide bonds. The third-order valence-corrected chi connectivity index (χ3v) is 4.44. The summed E-state index contributed by atoms with van der Waals surface area (Å²) in [5.74, 6) is -4.89. The largest absolute Gasteiger partial charge is 0.481 e. The molecule has 5 N–H and O–H groups in total. The number of hydrogen-bond acceptors (Lipinski definition) is 8. The smallest absolute Gasteiger partial charge is 0.408 e. The standard InChI is InChI=1S/C22H37N3O10/c1-12(2)11-15(20(32)34-6)24-18(30)13(7-9-16(26)27)23-19(31)14(8-10-17(28)29)25-21(33)35-22(3,4)5/h12-15H,7-11H2,1-6H3,(H,23,31)(H,24,30)(H,25,33)(H,26,27)(H,28,29)/t13-,14+,15+/m1/s1. The maximum atomic E-state index is 12.9. The summed E-state index contributed by atoms with van der Waals surface area (Å²) in [6, 6.07) is -3.79. The molecule has 0 aromatic heterocycles. The number of amides is 3. The lowest BCUT2D eigenvalue weighted by atomic mass is 10.0. The van der Waals surface area contributed by atoms with Crippen LogP contribution in [0.3, 0.4) is 0 Å². The van der Waals surface area contributed by atoms with Crippen LogP contribution in [0.2, 0.25) is 0 Å². The van der Waals surface area contributed by atoms with E-state index in [1.54, 1.807) is 20.8 Å². The van der Waals surface area contributed by atoms with Crippen LogP contribution in [-0.4, -0.2) is 76.9 Å². The first kappa shape index (κ1) is 31.6. The first-order valence-electron chi connectivity index (χ1n) is 11.2. The van der Waals surface area contributed by atoms with E-state index >= 15 is 0 Å². The van der Waals surface area contributed by atoms with E-state index in [0.717, 1.165) is 7.11 Å². The molecule has 0 aliphatic heterocycles. The lowest BCUT2D eigenvalue weighted by Crippen LogP contribution is -2.56. The summed E-state index contributed by atoms with van der Waals surface area (Å²) >= 11 is 0. The molecule has 0 aromatic rings. The monoisotopic (exact) mass is 503 g/mol. The average molecular weight is 504 g/mol. The molecule has 0 bridgehead atoms. The predicted molar refractivity (Wildman–Crippen MR) is 122 cm³/mol. The molecular weight excluding hydrogens is 466 g/mol. The highest BCUT2D eigenvalue weighted by Crippen LogP contribution is 2.10. The minimum atomic E-state index is -1.38. The van der Waals surface area contributed by atoms with Crippen molar-refractivity contribution in [3.63, 3.8) is 0 Å². The molecule has 0 aliphatic rings. The molecule has 0 fully saturated rings. The highest BCUT2D eigenvalue weighted by molar-refractivity contribution is 5.93. The van der Waals surface area contributed by atoms with Crippen LogP contribution in [0.25, 0.3) is 0 Å². The summed E-state index contributed by atoms with van der Waals surface area (Å²) in [5, 5.41) is 25.1. The molecule has 35 heavy (non-hydrogen) atoms. The molecule has 13 nitrogen and oxygen atoms in total. The van der Waals surface area contributed by atoms with Gasteiger partial charge in [0.25, 0.3) is 0 Å². The molecule has 0 unspecified atom stereocenters. The first-order chi connectivity index (χ1) is 16.0. The topological polar surface area (TPSA) is 197 Å². The Morgan fingerprint density at radius 2 is 1.20 bits per heavy atom. The molecule has 0 rings (SSSR count). The van der Waals surface area contributed by atoms with E-state index in [4.69, 9.17) is 19.7 Å². The van der Waals surface area contributed by atoms with Crippen molar-refractivity contribution < 1.29 is 48.5 Å². The minimum Gasteiger partial charge on any atom is -0.481 e. The third kappa shape index (κ3) is 14.5. The van der Waals surface area contributed by atoms with Crippen molar-refractivity contribution in [1.29, 1.82) is 0 Å². The molecule has 0 saturated carbocycles. The summed E-state index contributed by atoms with van der Waals surface area (Å²) in [4.78, 5) is 72.0. The average Bonchev–Trinajstić information content (AvgIpc) is 2.70. The Bertz CT molecular complexity index is 776. The molecule has 0 aromatic carbocycles. The number of rotatable bonds is 14. The highest BCUT2D eigenvalue weighted by atomic mass is 16.6. The molecule has 200 valence electrons. The number of carbonyl (C=O) groups is 6. The fourth-order valence-electron chi connectivity index (χ4n) is 2.90. The number of methoxy groups -OCH3 is 1. The molecule has 13 heteroatoms. The Morgan fingerprint density at radius 1 is 0.771 bits per heavy atom. The maximum absolute atomic E-state index is 12.9. The van der Waals surface area contributed by atoms with Gasteiger partial charge in [0.1, 0.15) is 23.7 Å². The van der Waals surface area contributed by atoms with E-state index in [1.807, 2.05) is 13.8 Å². The van der Waals surface area contributed by atoms with Crippen LogP contribution < -0.4 is 16.0 Å². The van der Waals surface area contributed by atoms with Gasteiger partial charge in [-0.25, -0.2) is 9.59 Å². The SMILES string of the molecule is COC(=O)[C@H](CC(C)C)NC(=O)[C@@H](CCC(=O)O)NC(=O)[C@H](CCC(=O)O)NC(=O)OC(C)(C)C. The van der Waals surface area contributed by atoms with Crippen LogP contribution in [0, 0.1) is 5.92 Å². The molecule has 0 radical (unpaired) electrons. The molecule has 0 spiro atoms. The van der Waals surface area contributed by atoms with Gasteiger partial charge in [-0.3, -0.25) is 19.2 Å². The van der Waals surface area contributed by atoms with Crippen molar-refractivity contribution in [3.05, 3.63) is 0 Å². The van der Waals surface area contributed by atoms with Gasteiger partial charge in [-0.15, -0.1) is 0 Å². The van der Waals surface area contributed by atoms with Crippen LogP contribution in [0.1, 0.15) is 66.7 Å². The number of carbonyl (C=O) groups excluding carboxylic acids is 4. The van der Waals surface area contributed by atoms with Gasteiger partial charge >= 0.3 is 24.0 Å². The van der Waals surface area contributed by atoms with Crippen LogP contribution in [0.5, 0.6) is 0 Å². The Morgan fingerprint density at radius 3 is 1.57 bits per heavy atom. The van der Waals surface area contributed by atoms with Gasteiger partial charge in [0.2, 0.25) is 11.8 Å². The number of ether oxygens (including phenoxy) is 2. The zero-order chi connectivity index (χ0) is 27.3. The van der Waals surface area contributed by atoms with Gasteiger partial charge in [0.15, 0.2) is 0 Å². The lowest BCUT2D eigenvalue weighted by molar-refractivity contribution is -0.146. The van der Waals surface area contributed by atoms with E-state index in [2.05, 4.69) is 16.0 Å². The Balaban J connectivity index is 5.67. The fourth-order valence-corrected chi connectivity index (χ4v) is 2.90. The number of esters is 1. The Kier molecular flexibility index (Phi) is 13.4. The van der Waals surface area contributed by atoms with Gasteiger partial charge in [-0.05, 0) is 46.0 Å². The maximum Gasteiger partial charge on any atom is 0.408 e. The molecule has 0 saturated heterocycles. The molecule has 3 atom stereocenters. The van der Waals surface area contributed by atoms with Gasteiger partial charge < -0.3 is 35.6 Å². The second kappa shape index (κ2) is 14.8. The zero-order valence-corrected chi connectivity index (χ0v) is 21.0. The first-order valence-corrected chi connectivity index (χ1v) is 11.2. The summed E-state index contributed by atoms with van der Waals surface area (Å²) < 4.78 is 9.80. The second-order valence-corrected chi connectivity index (χ2v) is 9.34. The zero-order valence-electron chi connectivity index (χ0n) is 21.0. The quantitative estimate of drug-likeness (QED) is 0.211. The van der Waals surface area contributed by atoms with Gasteiger partial charge in [-0.1, -0.05) is 13.8 Å². The van der Waals surface area contributed by atoms with E-state index < -0.39 is 72.4 Å². The number of carboxylic acids is 2. The van der Waals surface area contributed by atoms with Crippen LogP contribution in [0.15, 0.2) is 0 Å². The second-order valence-electron chi connectivity index (χ2n) is 9.34.